The molecule has 0 saturated carbocycles. The number of rotatable bonds is 5. The summed E-state index contributed by atoms with van der Waals surface area (Å²) in [6, 6.07) is 12.5. The van der Waals surface area contributed by atoms with Crippen molar-refractivity contribution in [2.45, 2.75) is 6.92 Å². The molecule has 0 aliphatic carbocycles. The molecule has 2 heterocycles. The third-order valence-corrected chi connectivity index (χ3v) is 5.21. The van der Waals surface area contributed by atoms with Crippen LogP contribution in [0.1, 0.15) is 5.56 Å². The van der Waals surface area contributed by atoms with Gasteiger partial charge in [0, 0.05) is 5.02 Å². The molecule has 2 aromatic heterocycles. The Hall–Kier alpha value is -3.30. The summed E-state index contributed by atoms with van der Waals surface area (Å²) in [5.74, 6) is 0.208. The minimum atomic E-state index is -0.590. The van der Waals surface area contributed by atoms with Crippen LogP contribution in [0.15, 0.2) is 48.8 Å². The highest BCUT2D eigenvalue weighted by Gasteiger charge is 2.26. The zero-order valence-corrected chi connectivity index (χ0v) is 16.0. The van der Waals surface area contributed by atoms with E-state index in [4.69, 9.17) is 16.3 Å². The van der Waals surface area contributed by atoms with Gasteiger partial charge in [-0.2, -0.15) is 4.98 Å². The molecule has 0 atom stereocenters. The van der Waals surface area contributed by atoms with Crippen LogP contribution >= 0.6 is 22.9 Å². The molecule has 10 heteroatoms. The lowest BCUT2D eigenvalue weighted by atomic mass is 10.2. The number of fused-ring (bicyclic) bond motifs is 1. The fourth-order valence-corrected chi connectivity index (χ4v) is 3.50. The van der Waals surface area contributed by atoms with Crippen molar-refractivity contribution in [3.8, 4) is 11.6 Å². The number of nitrogens with one attached hydrogen (secondary N) is 1. The SMILES string of the molecule is Cc1cc(Oc2ncnc(Nc3nc4ccccc4s3)c2[N+](=O)[O-])ccc1Cl. The lowest BCUT2D eigenvalue weighted by molar-refractivity contribution is -0.385. The molecule has 4 aromatic rings. The van der Waals surface area contributed by atoms with Crippen molar-refractivity contribution < 1.29 is 9.66 Å². The Morgan fingerprint density at radius 3 is 2.79 bits per heavy atom. The van der Waals surface area contributed by atoms with Gasteiger partial charge in [0.25, 0.3) is 0 Å². The van der Waals surface area contributed by atoms with Gasteiger partial charge in [-0.25, -0.2) is 9.97 Å². The number of ether oxygens (including phenoxy) is 1. The Balaban J connectivity index is 1.70. The highest BCUT2D eigenvalue weighted by Crippen LogP contribution is 2.37. The first-order valence-electron chi connectivity index (χ1n) is 8.07. The van der Waals surface area contributed by atoms with Crippen molar-refractivity contribution in [1.82, 2.24) is 15.0 Å². The summed E-state index contributed by atoms with van der Waals surface area (Å²) in [4.78, 5) is 23.4. The van der Waals surface area contributed by atoms with E-state index in [9.17, 15) is 10.1 Å². The number of anilines is 2. The highest BCUT2D eigenvalue weighted by atomic mass is 35.5. The second-order valence-corrected chi connectivity index (χ2v) is 7.20. The van der Waals surface area contributed by atoms with Crippen LogP contribution in [0.25, 0.3) is 10.2 Å². The van der Waals surface area contributed by atoms with E-state index < -0.39 is 4.92 Å². The van der Waals surface area contributed by atoms with Crippen LogP contribution in [0.4, 0.5) is 16.6 Å². The first-order chi connectivity index (χ1) is 13.5. The lowest BCUT2D eigenvalue weighted by Gasteiger charge is -2.09. The van der Waals surface area contributed by atoms with E-state index in [1.165, 1.54) is 17.7 Å². The molecule has 1 N–H and O–H groups in total. The Labute approximate surface area is 168 Å². The van der Waals surface area contributed by atoms with Crippen molar-refractivity contribution in [3.05, 3.63) is 69.5 Å². The van der Waals surface area contributed by atoms with Crippen LogP contribution < -0.4 is 10.1 Å². The van der Waals surface area contributed by atoms with Crippen LogP contribution in [-0.4, -0.2) is 19.9 Å². The summed E-state index contributed by atoms with van der Waals surface area (Å²) >= 11 is 7.37. The summed E-state index contributed by atoms with van der Waals surface area (Å²) in [5.41, 5.74) is 1.19. The summed E-state index contributed by atoms with van der Waals surface area (Å²) < 4.78 is 6.59. The van der Waals surface area contributed by atoms with Crippen LogP contribution in [0.3, 0.4) is 0 Å². The van der Waals surface area contributed by atoms with Gasteiger partial charge in [0.2, 0.25) is 5.82 Å². The number of aromatic nitrogens is 3. The number of nitrogens with zero attached hydrogens (tertiary/aromatic N) is 4. The molecular weight excluding hydrogens is 402 g/mol. The number of hydrogen-bond donors (Lipinski definition) is 1. The monoisotopic (exact) mass is 413 g/mol. The molecule has 2 aromatic carbocycles. The topological polar surface area (TPSA) is 103 Å². The zero-order valence-electron chi connectivity index (χ0n) is 14.4. The Bertz CT molecular complexity index is 1160. The van der Waals surface area contributed by atoms with E-state index >= 15 is 0 Å². The Kier molecular flexibility index (Phi) is 4.76. The molecule has 0 radical (unpaired) electrons. The van der Waals surface area contributed by atoms with Gasteiger partial charge >= 0.3 is 11.6 Å². The number of halogens is 1. The fourth-order valence-electron chi connectivity index (χ4n) is 2.51. The highest BCUT2D eigenvalue weighted by molar-refractivity contribution is 7.22. The number of aryl methyl sites for hydroxylation is 1. The van der Waals surface area contributed by atoms with Crippen LogP contribution in [0.2, 0.25) is 5.02 Å². The van der Waals surface area contributed by atoms with Crippen molar-refractivity contribution in [1.29, 1.82) is 0 Å². The molecule has 0 spiro atoms. The maximum absolute atomic E-state index is 11.7. The molecule has 0 bridgehead atoms. The first-order valence-corrected chi connectivity index (χ1v) is 9.26. The van der Waals surface area contributed by atoms with Crippen LogP contribution in [0, 0.1) is 17.0 Å². The predicted molar refractivity (Wildman–Crippen MR) is 108 cm³/mol. The average Bonchev–Trinajstić information content (AvgIpc) is 3.07. The molecule has 0 fully saturated rings. The number of benzene rings is 2. The first kappa shape index (κ1) is 18.1. The molecule has 0 aliphatic rings. The van der Waals surface area contributed by atoms with Crippen molar-refractivity contribution in [2.75, 3.05) is 5.32 Å². The summed E-state index contributed by atoms with van der Waals surface area (Å²) in [5, 5.41) is 15.6. The Morgan fingerprint density at radius 1 is 1.21 bits per heavy atom. The van der Waals surface area contributed by atoms with Crippen LogP contribution in [0.5, 0.6) is 11.6 Å². The van der Waals surface area contributed by atoms with E-state index in [0.717, 1.165) is 15.8 Å². The van der Waals surface area contributed by atoms with Crippen molar-refractivity contribution >= 4 is 49.8 Å². The second kappa shape index (κ2) is 7.37. The van der Waals surface area contributed by atoms with Crippen LogP contribution in [-0.2, 0) is 0 Å². The minimum Gasteiger partial charge on any atom is -0.434 e. The quantitative estimate of drug-likeness (QED) is 0.340. The van der Waals surface area contributed by atoms with Gasteiger partial charge in [0.15, 0.2) is 5.13 Å². The molecule has 4 rings (SSSR count). The molecule has 140 valence electrons. The van der Waals surface area contributed by atoms with E-state index in [-0.39, 0.29) is 17.4 Å². The van der Waals surface area contributed by atoms with E-state index in [1.54, 1.807) is 18.2 Å². The van der Waals surface area contributed by atoms with E-state index in [2.05, 4.69) is 20.3 Å². The average molecular weight is 414 g/mol. The van der Waals surface area contributed by atoms with Gasteiger partial charge in [-0.15, -0.1) is 0 Å². The maximum atomic E-state index is 11.7. The smallest absolute Gasteiger partial charge is 0.373 e. The molecule has 8 nitrogen and oxygen atoms in total. The largest absolute Gasteiger partial charge is 0.434 e. The van der Waals surface area contributed by atoms with Gasteiger partial charge in [-0.1, -0.05) is 35.1 Å². The third kappa shape index (κ3) is 3.57. The maximum Gasteiger partial charge on any atom is 0.373 e. The molecule has 0 aliphatic heterocycles. The summed E-state index contributed by atoms with van der Waals surface area (Å²) in [6.07, 6.45) is 1.20. The predicted octanol–water partition coefficient (Wildman–Crippen LogP) is 5.49. The molecule has 0 saturated heterocycles. The van der Waals surface area contributed by atoms with Gasteiger partial charge in [0.05, 0.1) is 15.1 Å². The third-order valence-electron chi connectivity index (χ3n) is 3.83. The number of nitro groups is 1. The lowest BCUT2D eigenvalue weighted by Crippen LogP contribution is -2.03. The number of para-hydroxylation sites is 1. The van der Waals surface area contributed by atoms with Crippen molar-refractivity contribution in [3.63, 3.8) is 0 Å². The molecule has 28 heavy (non-hydrogen) atoms. The van der Waals surface area contributed by atoms with Gasteiger partial charge < -0.3 is 10.1 Å². The standard InChI is InChI=1S/C18H12ClN5O3S/c1-10-8-11(6-7-12(10)19)27-17-15(24(25)26)16(20-9-21-17)23-18-22-13-4-2-3-5-14(13)28-18/h2-9H,1H3,(H,20,21,22,23). The summed E-state index contributed by atoms with van der Waals surface area (Å²) in [6.45, 7) is 1.81. The van der Waals surface area contributed by atoms with E-state index in [0.29, 0.717) is 15.9 Å². The Morgan fingerprint density at radius 2 is 2.04 bits per heavy atom. The minimum absolute atomic E-state index is 0.000239. The molecular formula is C18H12ClN5O3S. The van der Waals surface area contributed by atoms with Gasteiger partial charge in [0.1, 0.15) is 12.1 Å². The zero-order chi connectivity index (χ0) is 19.7. The summed E-state index contributed by atoms with van der Waals surface area (Å²) in [7, 11) is 0. The normalized spacial score (nSPS) is 10.8. The number of thiazole rings is 1. The van der Waals surface area contributed by atoms with Crippen molar-refractivity contribution in [2.24, 2.45) is 0 Å². The second-order valence-electron chi connectivity index (χ2n) is 5.76. The van der Waals surface area contributed by atoms with E-state index in [1.807, 2.05) is 31.2 Å². The fraction of sp³-hybridized carbons (Fsp3) is 0.0556. The molecule has 0 amide bonds. The number of hydrogen-bond acceptors (Lipinski definition) is 8. The van der Waals surface area contributed by atoms with Gasteiger partial charge in [-0.05, 0) is 42.8 Å². The van der Waals surface area contributed by atoms with Gasteiger partial charge in [-0.3, -0.25) is 10.1 Å². The molecule has 0 unspecified atom stereocenters.